The molecule has 1 fully saturated rings. The minimum atomic E-state index is -1.46. The van der Waals surface area contributed by atoms with Crippen LogP contribution >= 0.6 is 0 Å². The summed E-state index contributed by atoms with van der Waals surface area (Å²) in [4.78, 5) is 8.04. The predicted molar refractivity (Wildman–Crippen MR) is 106 cm³/mol. The van der Waals surface area contributed by atoms with Gasteiger partial charge < -0.3 is 9.96 Å². The monoisotopic (exact) mass is 342 g/mol. The molecule has 4 heteroatoms. The van der Waals surface area contributed by atoms with Gasteiger partial charge in [0.2, 0.25) is 0 Å². The fourth-order valence-electron chi connectivity index (χ4n) is 5.68. The van der Waals surface area contributed by atoms with Crippen molar-refractivity contribution in [2.45, 2.75) is 97.8 Å². The molecule has 0 saturated heterocycles. The van der Waals surface area contributed by atoms with Gasteiger partial charge in [-0.3, -0.25) is 0 Å². The van der Waals surface area contributed by atoms with Gasteiger partial charge in [0.15, 0.2) is 0 Å². The van der Waals surface area contributed by atoms with Crippen molar-refractivity contribution in [3.05, 3.63) is 0 Å². The lowest BCUT2D eigenvalue weighted by atomic mass is 9.94. The van der Waals surface area contributed by atoms with E-state index in [2.05, 4.69) is 84.6 Å². The van der Waals surface area contributed by atoms with Crippen LogP contribution in [-0.2, 0) is 0 Å². The standard InChI is InChI=1S/C18H42N2Si2/c1-12(2)19-21(8,9)17-15(6)14(5)16(7)18(17)22(10,11)20-13(3)4/h12-20H,1-11H3. The highest BCUT2D eigenvalue weighted by atomic mass is 28.3. The lowest BCUT2D eigenvalue weighted by Crippen LogP contribution is -2.60. The highest BCUT2D eigenvalue weighted by Gasteiger charge is 2.56. The fourth-order valence-corrected chi connectivity index (χ4v) is 17.2. The van der Waals surface area contributed by atoms with Crippen LogP contribution in [0.3, 0.4) is 0 Å². The van der Waals surface area contributed by atoms with Gasteiger partial charge >= 0.3 is 0 Å². The van der Waals surface area contributed by atoms with Crippen LogP contribution in [0.2, 0.25) is 37.3 Å². The number of hydrogen-bond acceptors (Lipinski definition) is 2. The van der Waals surface area contributed by atoms with Crippen LogP contribution in [0.25, 0.3) is 0 Å². The molecule has 4 atom stereocenters. The van der Waals surface area contributed by atoms with E-state index in [1.807, 2.05) is 0 Å². The maximum Gasteiger partial charge on any atom is 0.123 e. The van der Waals surface area contributed by atoms with Gasteiger partial charge in [-0.15, -0.1) is 0 Å². The minimum absolute atomic E-state index is 0.601. The Hall–Kier alpha value is 0.354. The fraction of sp³-hybridized carbons (Fsp3) is 1.00. The van der Waals surface area contributed by atoms with Crippen molar-refractivity contribution in [3.8, 4) is 0 Å². The van der Waals surface area contributed by atoms with Crippen LogP contribution in [0.15, 0.2) is 0 Å². The van der Waals surface area contributed by atoms with E-state index in [9.17, 15) is 0 Å². The first-order valence-corrected chi connectivity index (χ1v) is 15.5. The Balaban J connectivity index is 3.20. The Morgan fingerprint density at radius 2 is 0.864 bits per heavy atom. The van der Waals surface area contributed by atoms with Crippen LogP contribution in [0.4, 0.5) is 0 Å². The summed E-state index contributed by atoms with van der Waals surface area (Å²) in [5, 5.41) is 0. The molecular weight excluding hydrogens is 300 g/mol. The van der Waals surface area contributed by atoms with E-state index in [0.29, 0.717) is 12.1 Å². The molecule has 1 aliphatic rings. The van der Waals surface area contributed by atoms with E-state index in [1.54, 1.807) is 0 Å². The summed E-state index contributed by atoms with van der Waals surface area (Å²) in [6.07, 6.45) is 0. The van der Waals surface area contributed by atoms with Crippen LogP contribution < -0.4 is 9.96 Å². The van der Waals surface area contributed by atoms with Crippen molar-refractivity contribution in [1.29, 1.82) is 0 Å². The zero-order valence-electron chi connectivity index (χ0n) is 17.0. The van der Waals surface area contributed by atoms with Crippen molar-refractivity contribution in [1.82, 2.24) is 9.96 Å². The maximum atomic E-state index is 4.02. The molecule has 22 heavy (non-hydrogen) atoms. The van der Waals surface area contributed by atoms with Crippen molar-refractivity contribution in [2.24, 2.45) is 17.8 Å². The molecule has 132 valence electrons. The van der Waals surface area contributed by atoms with E-state index < -0.39 is 16.5 Å². The largest absolute Gasteiger partial charge is 0.335 e. The Kier molecular flexibility index (Phi) is 6.56. The summed E-state index contributed by atoms with van der Waals surface area (Å²) in [7, 11) is -2.92. The van der Waals surface area contributed by atoms with E-state index in [4.69, 9.17) is 0 Å². The summed E-state index contributed by atoms with van der Waals surface area (Å²) >= 11 is 0. The lowest BCUT2D eigenvalue weighted by molar-refractivity contribution is 0.376. The third-order valence-corrected chi connectivity index (χ3v) is 14.2. The molecule has 0 radical (unpaired) electrons. The molecule has 1 rings (SSSR count). The molecule has 0 bridgehead atoms. The highest BCUT2D eigenvalue weighted by molar-refractivity contribution is 6.82. The van der Waals surface area contributed by atoms with Crippen LogP contribution in [0.1, 0.15) is 48.5 Å². The Morgan fingerprint density at radius 3 is 1.09 bits per heavy atom. The van der Waals surface area contributed by atoms with E-state index >= 15 is 0 Å². The predicted octanol–water partition coefficient (Wildman–Crippen LogP) is 5.05. The second-order valence-corrected chi connectivity index (χ2v) is 18.5. The first-order valence-electron chi connectivity index (χ1n) is 9.36. The van der Waals surface area contributed by atoms with E-state index in [0.717, 1.165) is 28.8 Å². The molecule has 0 spiro atoms. The van der Waals surface area contributed by atoms with Crippen LogP contribution in [-0.4, -0.2) is 28.6 Å². The SMILES string of the molecule is CC(C)N[Si](C)(C)C1C(C)C(C)C(C)C1[Si](C)(C)NC(C)C. The molecule has 4 unspecified atom stereocenters. The topological polar surface area (TPSA) is 24.1 Å². The van der Waals surface area contributed by atoms with Gasteiger partial charge in [0.1, 0.15) is 16.5 Å². The normalized spacial score (nSPS) is 34.0. The number of nitrogens with one attached hydrogen (secondary N) is 2. The van der Waals surface area contributed by atoms with Gasteiger partial charge in [0.05, 0.1) is 0 Å². The molecule has 0 aromatic heterocycles. The van der Waals surface area contributed by atoms with Gasteiger partial charge in [-0.05, 0) is 40.9 Å². The number of hydrogen-bond donors (Lipinski definition) is 2. The summed E-state index contributed by atoms with van der Waals surface area (Å²) < 4.78 is 0. The molecule has 0 aromatic rings. The van der Waals surface area contributed by atoms with E-state index in [-0.39, 0.29) is 0 Å². The molecule has 1 saturated carbocycles. The molecule has 2 N–H and O–H groups in total. The average Bonchev–Trinajstić information content (AvgIpc) is 2.51. The second-order valence-electron chi connectivity index (χ2n) is 9.67. The molecule has 0 amide bonds. The number of rotatable bonds is 6. The zero-order chi connectivity index (χ0) is 17.5. The Morgan fingerprint density at radius 1 is 0.591 bits per heavy atom. The van der Waals surface area contributed by atoms with Crippen molar-refractivity contribution in [3.63, 3.8) is 0 Å². The highest BCUT2D eigenvalue weighted by Crippen LogP contribution is 2.59. The van der Waals surface area contributed by atoms with Gasteiger partial charge in [0.25, 0.3) is 0 Å². The quantitative estimate of drug-likeness (QED) is 0.660. The molecular formula is C18H42N2Si2. The Bertz CT molecular complexity index is 332. The third-order valence-electron chi connectivity index (χ3n) is 6.17. The van der Waals surface area contributed by atoms with Crippen LogP contribution in [0.5, 0.6) is 0 Å². The van der Waals surface area contributed by atoms with E-state index in [1.165, 1.54) is 0 Å². The zero-order valence-corrected chi connectivity index (χ0v) is 19.0. The van der Waals surface area contributed by atoms with Gasteiger partial charge in [0, 0.05) is 0 Å². The second kappa shape index (κ2) is 7.08. The van der Waals surface area contributed by atoms with Gasteiger partial charge in [-0.25, -0.2) is 0 Å². The van der Waals surface area contributed by atoms with Crippen molar-refractivity contribution in [2.75, 3.05) is 0 Å². The summed E-state index contributed by atoms with van der Waals surface area (Å²) in [5.41, 5.74) is 1.76. The molecule has 0 aromatic carbocycles. The molecule has 0 heterocycles. The molecule has 2 nitrogen and oxygen atoms in total. The first kappa shape index (κ1) is 20.4. The smallest absolute Gasteiger partial charge is 0.123 e. The van der Waals surface area contributed by atoms with Crippen molar-refractivity contribution >= 4 is 16.5 Å². The lowest BCUT2D eigenvalue weighted by Gasteiger charge is -2.45. The summed E-state index contributed by atoms with van der Waals surface area (Å²) in [6, 6.07) is 1.20. The van der Waals surface area contributed by atoms with Crippen molar-refractivity contribution < 1.29 is 0 Å². The maximum absolute atomic E-state index is 4.02. The molecule has 1 aliphatic carbocycles. The minimum Gasteiger partial charge on any atom is -0.335 e. The summed E-state index contributed by atoms with van der Waals surface area (Å²) in [5.74, 6) is 2.53. The van der Waals surface area contributed by atoms with Gasteiger partial charge in [-0.2, -0.15) is 0 Å². The first-order chi connectivity index (χ1) is 9.81. The van der Waals surface area contributed by atoms with Crippen LogP contribution in [0, 0.1) is 17.8 Å². The van der Waals surface area contributed by atoms with Gasteiger partial charge in [-0.1, -0.05) is 74.7 Å². The third kappa shape index (κ3) is 4.25. The molecule has 0 aliphatic heterocycles. The Labute approximate surface area is 142 Å². The average molecular weight is 343 g/mol. The summed E-state index contributed by atoms with van der Waals surface area (Å²) in [6.45, 7) is 27.1.